The maximum Gasteiger partial charge on any atom is 0.270 e. The third kappa shape index (κ3) is 3.61. The number of hydrogen-bond acceptors (Lipinski definition) is 5. The van der Waals surface area contributed by atoms with E-state index in [-0.39, 0.29) is 23.7 Å². The molecule has 30 heavy (non-hydrogen) atoms. The van der Waals surface area contributed by atoms with Gasteiger partial charge < -0.3 is 18.9 Å². The maximum absolute atomic E-state index is 13.5. The van der Waals surface area contributed by atoms with E-state index in [4.69, 9.17) is 14.5 Å². The molecular weight excluding hydrogens is 384 g/mol. The third-order valence-electron chi connectivity index (χ3n) is 5.55. The highest BCUT2D eigenvalue weighted by molar-refractivity contribution is 5.98. The van der Waals surface area contributed by atoms with Gasteiger partial charge in [0.05, 0.1) is 17.6 Å². The monoisotopic (exact) mass is 412 g/mol. The fraction of sp³-hybridized carbons (Fsp3) is 0.500. The topological polar surface area (TPSA) is 78.1 Å². The summed E-state index contributed by atoms with van der Waals surface area (Å²) in [7, 11) is 1.65. The predicted octanol–water partition coefficient (Wildman–Crippen LogP) is 2.24. The summed E-state index contributed by atoms with van der Waals surface area (Å²) < 4.78 is 14.4. The summed E-state index contributed by atoms with van der Waals surface area (Å²) in [5.41, 5.74) is 2.38. The van der Waals surface area contributed by atoms with Gasteiger partial charge in [-0.3, -0.25) is 14.0 Å². The molecule has 1 aliphatic heterocycles. The summed E-state index contributed by atoms with van der Waals surface area (Å²) in [5, 5.41) is 0.452. The smallest absolute Gasteiger partial charge is 0.270 e. The van der Waals surface area contributed by atoms with Gasteiger partial charge in [-0.1, -0.05) is 6.07 Å². The Morgan fingerprint density at radius 3 is 2.70 bits per heavy atom. The Morgan fingerprint density at radius 2 is 2.00 bits per heavy atom. The largest absolute Gasteiger partial charge is 0.385 e. The van der Waals surface area contributed by atoms with Crippen molar-refractivity contribution in [2.75, 3.05) is 26.8 Å². The molecule has 0 bridgehead atoms. The zero-order valence-corrected chi connectivity index (χ0v) is 17.9. The summed E-state index contributed by atoms with van der Waals surface area (Å²) in [6.07, 6.45) is 2.37. The zero-order valence-electron chi connectivity index (χ0n) is 17.9. The van der Waals surface area contributed by atoms with Crippen LogP contribution in [-0.2, 0) is 16.0 Å². The van der Waals surface area contributed by atoms with Gasteiger partial charge in [0, 0.05) is 39.5 Å². The number of hydrogen-bond donors (Lipinski definition) is 0. The molecule has 0 spiro atoms. The van der Waals surface area contributed by atoms with Crippen molar-refractivity contribution >= 4 is 22.6 Å². The van der Waals surface area contributed by atoms with E-state index in [1.165, 1.54) is 0 Å². The van der Waals surface area contributed by atoms with Crippen LogP contribution in [0.1, 0.15) is 36.3 Å². The summed E-state index contributed by atoms with van der Waals surface area (Å²) >= 11 is 0. The first-order valence-corrected chi connectivity index (χ1v) is 10.4. The van der Waals surface area contributed by atoms with Gasteiger partial charge in [0.2, 0.25) is 0 Å². The lowest BCUT2D eigenvalue weighted by Gasteiger charge is -2.35. The number of ether oxygens (including phenoxy) is 2. The number of methoxy groups -OCH3 is 1. The van der Waals surface area contributed by atoms with Crippen molar-refractivity contribution in [3.8, 4) is 0 Å². The second-order valence-electron chi connectivity index (χ2n) is 8.03. The van der Waals surface area contributed by atoms with E-state index in [1.54, 1.807) is 23.8 Å². The maximum atomic E-state index is 13.5. The lowest BCUT2D eigenvalue weighted by atomic mass is 10.2. The van der Waals surface area contributed by atoms with E-state index in [0.717, 1.165) is 5.56 Å². The number of nitrogens with zero attached hydrogens (tertiary/aromatic N) is 4. The number of aryl methyl sites for hydroxylation is 2. The lowest BCUT2D eigenvalue weighted by Crippen LogP contribution is -2.48. The van der Waals surface area contributed by atoms with Gasteiger partial charge in [-0.25, -0.2) is 4.98 Å². The van der Waals surface area contributed by atoms with Gasteiger partial charge in [-0.05, 0) is 44.9 Å². The molecule has 4 heterocycles. The highest BCUT2D eigenvalue weighted by Gasteiger charge is 2.29. The summed E-state index contributed by atoms with van der Waals surface area (Å²) in [4.78, 5) is 33.2. The number of carbonyl (C=O) groups excluding carboxylic acids is 1. The molecule has 1 aliphatic rings. The molecule has 0 aromatic carbocycles. The minimum atomic E-state index is -0.165. The van der Waals surface area contributed by atoms with Crippen LogP contribution in [-0.4, -0.2) is 63.8 Å². The minimum Gasteiger partial charge on any atom is -0.385 e. The lowest BCUT2D eigenvalue weighted by molar-refractivity contribution is -0.0588. The molecule has 160 valence electrons. The average Bonchev–Trinajstić information content (AvgIpc) is 3.07. The van der Waals surface area contributed by atoms with Crippen LogP contribution in [0, 0.1) is 6.92 Å². The van der Waals surface area contributed by atoms with Crippen molar-refractivity contribution in [1.29, 1.82) is 0 Å². The number of fused-ring (bicyclic) bond motifs is 2. The van der Waals surface area contributed by atoms with Crippen LogP contribution >= 0.6 is 0 Å². The number of morpholine rings is 1. The minimum absolute atomic E-state index is 0.0296. The van der Waals surface area contributed by atoms with Crippen LogP contribution in [0.3, 0.4) is 0 Å². The number of carbonyl (C=O) groups is 1. The summed E-state index contributed by atoms with van der Waals surface area (Å²) in [6, 6.07) is 5.45. The molecule has 1 saturated heterocycles. The molecule has 1 amide bonds. The van der Waals surface area contributed by atoms with Crippen molar-refractivity contribution in [2.45, 2.75) is 45.9 Å². The molecule has 2 atom stereocenters. The van der Waals surface area contributed by atoms with E-state index in [2.05, 4.69) is 0 Å². The first-order valence-electron chi connectivity index (χ1n) is 10.4. The molecule has 0 radical (unpaired) electrons. The second kappa shape index (κ2) is 8.20. The molecule has 0 N–H and O–H groups in total. The van der Waals surface area contributed by atoms with Gasteiger partial charge in [0.15, 0.2) is 0 Å². The van der Waals surface area contributed by atoms with E-state index in [0.29, 0.717) is 55.0 Å². The standard InChI is InChI=1S/C22H28N4O4/c1-14-7-5-8-26-19(14)23-20-17(21(26)27)11-18(25(20)9-6-10-29-4)22(28)24-12-15(2)30-16(3)13-24/h5,7-8,11,15-16H,6,9-10,12-13H2,1-4H3. The summed E-state index contributed by atoms with van der Waals surface area (Å²) in [6.45, 7) is 8.01. The first-order chi connectivity index (χ1) is 14.4. The Morgan fingerprint density at radius 1 is 1.27 bits per heavy atom. The Bertz CT molecular complexity index is 1140. The Balaban J connectivity index is 1.87. The van der Waals surface area contributed by atoms with E-state index < -0.39 is 0 Å². The number of pyridine rings is 1. The van der Waals surface area contributed by atoms with Crippen molar-refractivity contribution in [3.63, 3.8) is 0 Å². The van der Waals surface area contributed by atoms with Gasteiger partial charge >= 0.3 is 0 Å². The number of aromatic nitrogens is 3. The molecule has 4 rings (SSSR count). The van der Waals surface area contributed by atoms with E-state index in [9.17, 15) is 9.59 Å². The van der Waals surface area contributed by atoms with Gasteiger partial charge in [-0.15, -0.1) is 0 Å². The normalized spacial score (nSPS) is 19.7. The van der Waals surface area contributed by atoms with E-state index in [1.807, 2.05) is 42.4 Å². The summed E-state index contributed by atoms with van der Waals surface area (Å²) in [5.74, 6) is -0.0994. The molecule has 2 unspecified atom stereocenters. The van der Waals surface area contributed by atoms with Crippen LogP contribution < -0.4 is 5.56 Å². The van der Waals surface area contributed by atoms with Crippen LogP contribution in [0.5, 0.6) is 0 Å². The molecule has 8 nitrogen and oxygen atoms in total. The molecule has 8 heteroatoms. The molecule has 3 aromatic heterocycles. The first kappa shape index (κ1) is 20.6. The average molecular weight is 412 g/mol. The molecular formula is C22H28N4O4. The number of amides is 1. The molecule has 1 fully saturated rings. The highest BCUT2D eigenvalue weighted by Crippen LogP contribution is 2.21. The molecule has 0 saturated carbocycles. The Hall–Kier alpha value is -2.71. The van der Waals surface area contributed by atoms with Gasteiger partial charge in [0.25, 0.3) is 11.5 Å². The van der Waals surface area contributed by atoms with Crippen LogP contribution in [0.2, 0.25) is 0 Å². The SMILES string of the molecule is COCCCn1c(C(=O)N2CC(C)OC(C)C2)cc2c(=O)n3cccc(C)c3nc21. The fourth-order valence-corrected chi connectivity index (χ4v) is 4.24. The Kier molecular flexibility index (Phi) is 5.62. The Labute approximate surface area is 175 Å². The second-order valence-corrected chi connectivity index (χ2v) is 8.03. The highest BCUT2D eigenvalue weighted by atomic mass is 16.5. The quantitative estimate of drug-likeness (QED) is 0.601. The third-order valence-corrected chi connectivity index (χ3v) is 5.55. The van der Waals surface area contributed by atoms with E-state index >= 15 is 0 Å². The van der Waals surface area contributed by atoms with Crippen molar-refractivity contribution in [3.05, 3.63) is 46.0 Å². The van der Waals surface area contributed by atoms with Crippen molar-refractivity contribution in [1.82, 2.24) is 18.9 Å². The zero-order chi connectivity index (χ0) is 21.4. The van der Waals surface area contributed by atoms with Crippen molar-refractivity contribution < 1.29 is 14.3 Å². The molecule has 0 aliphatic carbocycles. The van der Waals surface area contributed by atoms with Crippen LogP contribution in [0.15, 0.2) is 29.2 Å². The van der Waals surface area contributed by atoms with Crippen LogP contribution in [0.25, 0.3) is 16.7 Å². The van der Waals surface area contributed by atoms with Crippen LogP contribution in [0.4, 0.5) is 0 Å². The number of rotatable bonds is 5. The predicted molar refractivity (Wildman–Crippen MR) is 114 cm³/mol. The molecule has 3 aromatic rings. The van der Waals surface area contributed by atoms with Crippen molar-refractivity contribution in [2.24, 2.45) is 0 Å². The fourth-order valence-electron chi connectivity index (χ4n) is 4.24. The van der Waals surface area contributed by atoms with Gasteiger partial charge in [0.1, 0.15) is 17.0 Å². The van der Waals surface area contributed by atoms with Gasteiger partial charge in [-0.2, -0.15) is 0 Å².